The number of nitriles is 1. The van der Waals surface area contributed by atoms with E-state index in [0.717, 1.165) is 15.8 Å². The molecule has 0 spiro atoms. The van der Waals surface area contributed by atoms with Gasteiger partial charge in [-0.15, -0.1) is 6.42 Å². The number of rotatable bonds is 6. The second-order valence-electron chi connectivity index (χ2n) is 3.33. The lowest BCUT2D eigenvalue weighted by Gasteiger charge is -2.10. The van der Waals surface area contributed by atoms with Crippen molar-refractivity contribution in [1.82, 2.24) is 5.32 Å². The van der Waals surface area contributed by atoms with E-state index in [2.05, 4.69) is 33.2 Å². The summed E-state index contributed by atoms with van der Waals surface area (Å²) in [7, 11) is 0. The maximum Gasteiger partial charge on any atom is 0.148 e. The van der Waals surface area contributed by atoms with E-state index in [-0.39, 0.29) is 6.61 Å². The van der Waals surface area contributed by atoms with Crippen LogP contribution in [0.3, 0.4) is 0 Å². The molecular formula is C13H13BrN2O. The SMILES string of the molecule is C#CCOc1ccc(Br)cc1CNCCC#N. The Bertz CT molecular complexity index is 446. The molecule has 0 aliphatic rings. The second-order valence-corrected chi connectivity index (χ2v) is 4.25. The van der Waals surface area contributed by atoms with Gasteiger partial charge in [0.15, 0.2) is 0 Å². The summed E-state index contributed by atoms with van der Waals surface area (Å²) in [4.78, 5) is 0. The predicted molar refractivity (Wildman–Crippen MR) is 70.4 cm³/mol. The first-order valence-corrected chi connectivity index (χ1v) is 5.99. The van der Waals surface area contributed by atoms with Gasteiger partial charge in [-0.3, -0.25) is 0 Å². The zero-order valence-corrected chi connectivity index (χ0v) is 11.0. The van der Waals surface area contributed by atoms with Crippen molar-refractivity contribution in [2.45, 2.75) is 13.0 Å². The molecule has 1 N–H and O–H groups in total. The Morgan fingerprint density at radius 1 is 1.47 bits per heavy atom. The molecule has 0 amide bonds. The van der Waals surface area contributed by atoms with Gasteiger partial charge in [-0.1, -0.05) is 21.9 Å². The summed E-state index contributed by atoms with van der Waals surface area (Å²) in [6, 6.07) is 7.85. The molecule has 0 aromatic heterocycles. The van der Waals surface area contributed by atoms with E-state index in [1.54, 1.807) is 0 Å². The van der Waals surface area contributed by atoms with Crippen LogP contribution in [0.15, 0.2) is 22.7 Å². The first-order chi connectivity index (χ1) is 8.27. The van der Waals surface area contributed by atoms with Gasteiger partial charge in [0.05, 0.1) is 6.07 Å². The van der Waals surface area contributed by atoms with Gasteiger partial charge in [-0.25, -0.2) is 0 Å². The molecular weight excluding hydrogens is 280 g/mol. The van der Waals surface area contributed by atoms with E-state index in [1.807, 2.05) is 18.2 Å². The number of hydrogen-bond donors (Lipinski definition) is 1. The summed E-state index contributed by atoms with van der Waals surface area (Å²) in [6.07, 6.45) is 5.65. The van der Waals surface area contributed by atoms with Crippen LogP contribution < -0.4 is 10.1 Å². The lowest BCUT2D eigenvalue weighted by molar-refractivity contribution is 0.365. The topological polar surface area (TPSA) is 45.0 Å². The molecule has 17 heavy (non-hydrogen) atoms. The molecule has 1 rings (SSSR count). The van der Waals surface area contributed by atoms with Gasteiger partial charge in [0.1, 0.15) is 12.4 Å². The first-order valence-electron chi connectivity index (χ1n) is 5.20. The standard InChI is InChI=1S/C13H13BrN2O/c1-2-8-17-13-5-4-12(14)9-11(13)10-16-7-3-6-15/h1,4-5,9,16H,3,7-8,10H2. The number of nitrogens with one attached hydrogen (secondary N) is 1. The summed E-state index contributed by atoms with van der Waals surface area (Å²) in [5.74, 6) is 3.21. The van der Waals surface area contributed by atoms with Crippen LogP contribution in [0, 0.1) is 23.7 Å². The third-order valence-corrected chi connectivity index (χ3v) is 2.56. The largest absolute Gasteiger partial charge is 0.481 e. The minimum absolute atomic E-state index is 0.257. The molecule has 3 nitrogen and oxygen atoms in total. The fourth-order valence-corrected chi connectivity index (χ4v) is 1.72. The van der Waals surface area contributed by atoms with Crippen LogP contribution in [0.2, 0.25) is 0 Å². The maximum absolute atomic E-state index is 8.43. The number of halogens is 1. The molecule has 0 fully saturated rings. The first kappa shape index (κ1) is 13.6. The monoisotopic (exact) mass is 292 g/mol. The molecule has 0 saturated carbocycles. The van der Waals surface area contributed by atoms with E-state index >= 15 is 0 Å². The van der Waals surface area contributed by atoms with Gasteiger partial charge < -0.3 is 10.1 Å². The number of hydrogen-bond acceptors (Lipinski definition) is 3. The predicted octanol–water partition coefficient (Wildman–Crippen LogP) is 2.46. The van der Waals surface area contributed by atoms with Crippen molar-refractivity contribution < 1.29 is 4.74 Å². The lowest BCUT2D eigenvalue weighted by atomic mass is 10.2. The molecule has 4 heteroatoms. The van der Waals surface area contributed by atoms with E-state index < -0.39 is 0 Å². The smallest absolute Gasteiger partial charge is 0.148 e. The van der Waals surface area contributed by atoms with E-state index in [4.69, 9.17) is 16.4 Å². The normalized spacial score (nSPS) is 9.35. The Hall–Kier alpha value is -1.49. The van der Waals surface area contributed by atoms with Crippen molar-refractivity contribution >= 4 is 15.9 Å². The highest BCUT2D eigenvalue weighted by Gasteiger charge is 2.03. The highest BCUT2D eigenvalue weighted by molar-refractivity contribution is 9.10. The van der Waals surface area contributed by atoms with Gasteiger partial charge in [0.2, 0.25) is 0 Å². The molecule has 0 radical (unpaired) electrons. The molecule has 1 aromatic rings. The average molecular weight is 293 g/mol. The summed E-state index contributed by atoms with van der Waals surface area (Å²) in [5, 5.41) is 11.6. The van der Waals surface area contributed by atoms with Crippen LogP contribution in [0.4, 0.5) is 0 Å². The average Bonchev–Trinajstić information content (AvgIpc) is 2.33. The Labute approximate surface area is 110 Å². The molecule has 0 atom stereocenters. The minimum atomic E-state index is 0.257. The minimum Gasteiger partial charge on any atom is -0.481 e. The van der Waals surface area contributed by atoms with Gasteiger partial charge >= 0.3 is 0 Å². The highest BCUT2D eigenvalue weighted by Crippen LogP contribution is 2.23. The van der Waals surface area contributed by atoms with Crippen molar-refractivity contribution in [3.05, 3.63) is 28.2 Å². The summed E-state index contributed by atoms with van der Waals surface area (Å²) in [6.45, 7) is 1.57. The fourth-order valence-electron chi connectivity index (χ4n) is 1.31. The summed E-state index contributed by atoms with van der Waals surface area (Å²) in [5.41, 5.74) is 1.02. The number of ether oxygens (including phenoxy) is 1. The molecule has 0 unspecified atom stereocenters. The van der Waals surface area contributed by atoms with Crippen LogP contribution in [0.25, 0.3) is 0 Å². The molecule has 1 aromatic carbocycles. The van der Waals surface area contributed by atoms with Crippen LogP contribution in [0.5, 0.6) is 5.75 Å². The summed E-state index contributed by atoms with van der Waals surface area (Å²) < 4.78 is 6.42. The zero-order valence-electron chi connectivity index (χ0n) is 9.37. The van der Waals surface area contributed by atoms with Crippen LogP contribution in [-0.4, -0.2) is 13.2 Å². The van der Waals surface area contributed by atoms with Crippen molar-refractivity contribution in [2.24, 2.45) is 0 Å². The van der Waals surface area contributed by atoms with Crippen molar-refractivity contribution in [1.29, 1.82) is 5.26 Å². The van der Waals surface area contributed by atoms with E-state index in [0.29, 0.717) is 19.5 Å². The van der Waals surface area contributed by atoms with E-state index in [1.165, 1.54) is 0 Å². The van der Waals surface area contributed by atoms with Crippen LogP contribution >= 0.6 is 15.9 Å². The van der Waals surface area contributed by atoms with Crippen LogP contribution in [0.1, 0.15) is 12.0 Å². The Morgan fingerprint density at radius 3 is 3.00 bits per heavy atom. The number of benzene rings is 1. The molecule has 0 aliphatic heterocycles. The second kappa shape index (κ2) is 7.73. The highest BCUT2D eigenvalue weighted by atomic mass is 79.9. The van der Waals surface area contributed by atoms with Crippen molar-refractivity contribution in [2.75, 3.05) is 13.2 Å². The Morgan fingerprint density at radius 2 is 2.29 bits per heavy atom. The number of nitrogens with zero attached hydrogens (tertiary/aromatic N) is 1. The zero-order chi connectivity index (χ0) is 12.5. The van der Waals surface area contributed by atoms with Gasteiger partial charge in [0, 0.05) is 29.5 Å². The Balaban J connectivity index is 2.64. The lowest BCUT2D eigenvalue weighted by Crippen LogP contribution is -2.15. The third-order valence-electron chi connectivity index (χ3n) is 2.06. The van der Waals surface area contributed by atoms with Gasteiger partial charge in [-0.05, 0) is 18.2 Å². The van der Waals surface area contributed by atoms with Crippen LogP contribution in [-0.2, 0) is 6.54 Å². The Kier molecular flexibility index (Phi) is 6.17. The van der Waals surface area contributed by atoms with Gasteiger partial charge in [-0.2, -0.15) is 5.26 Å². The molecule has 0 heterocycles. The third kappa shape index (κ3) is 4.91. The quantitative estimate of drug-likeness (QED) is 0.647. The van der Waals surface area contributed by atoms with Crippen molar-refractivity contribution in [3.63, 3.8) is 0 Å². The number of terminal acetylenes is 1. The summed E-state index contributed by atoms with van der Waals surface area (Å²) >= 11 is 3.41. The van der Waals surface area contributed by atoms with Crippen molar-refractivity contribution in [3.8, 4) is 24.2 Å². The fraction of sp³-hybridized carbons (Fsp3) is 0.308. The molecule has 88 valence electrons. The van der Waals surface area contributed by atoms with E-state index in [9.17, 15) is 0 Å². The molecule has 0 aliphatic carbocycles. The van der Waals surface area contributed by atoms with Gasteiger partial charge in [0.25, 0.3) is 0 Å². The molecule has 0 bridgehead atoms. The molecule has 0 saturated heterocycles. The maximum atomic E-state index is 8.43.